The molecule has 3 rings (SSSR count). The smallest absolute Gasteiger partial charge is 0.238 e. The van der Waals surface area contributed by atoms with Crippen molar-refractivity contribution in [3.63, 3.8) is 0 Å². The summed E-state index contributed by atoms with van der Waals surface area (Å²) in [5, 5.41) is 2.97. The maximum absolute atomic E-state index is 12.8. The average Bonchev–Trinajstić information content (AvgIpc) is 3.08. The van der Waals surface area contributed by atoms with E-state index in [0.717, 1.165) is 44.0 Å². The minimum Gasteiger partial charge on any atom is -0.351 e. The number of likely N-dealkylation sites (tertiary alicyclic amines) is 1. The predicted molar refractivity (Wildman–Crippen MR) is 120 cm³/mol. The van der Waals surface area contributed by atoms with Crippen LogP contribution in [0.1, 0.15) is 63.5 Å². The minimum absolute atomic E-state index is 0.153. The number of rotatable bonds is 9. The SMILES string of the molecule is CCCC[C@H](C(=O)NCc1ccc(CN2CCC(C)CC2)cc1)N1CCCS1(=O)=O. The molecule has 0 unspecified atom stereocenters. The number of sulfonamides is 1. The summed E-state index contributed by atoms with van der Waals surface area (Å²) in [6.07, 6.45) is 5.51. The van der Waals surface area contributed by atoms with E-state index in [1.807, 2.05) is 0 Å². The van der Waals surface area contributed by atoms with Gasteiger partial charge in [-0.25, -0.2) is 8.42 Å². The minimum atomic E-state index is -3.30. The van der Waals surface area contributed by atoms with Crippen molar-refractivity contribution in [3.05, 3.63) is 35.4 Å². The van der Waals surface area contributed by atoms with E-state index < -0.39 is 16.1 Å². The maximum Gasteiger partial charge on any atom is 0.238 e. The lowest BCUT2D eigenvalue weighted by atomic mass is 9.99. The number of hydrogen-bond acceptors (Lipinski definition) is 4. The van der Waals surface area contributed by atoms with Gasteiger partial charge in [0.15, 0.2) is 0 Å². The third kappa shape index (κ3) is 6.28. The van der Waals surface area contributed by atoms with Crippen LogP contribution in [0.25, 0.3) is 0 Å². The van der Waals surface area contributed by atoms with Crippen LogP contribution in [0.3, 0.4) is 0 Å². The quantitative estimate of drug-likeness (QED) is 0.647. The summed E-state index contributed by atoms with van der Waals surface area (Å²) in [5.41, 5.74) is 2.33. The van der Waals surface area contributed by atoms with Crippen LogP contribution in [-0.2, 0) is 27.9 Å². The lowest BCUT2D eigenvalue weighted by Gasteiger charge is -2.30. The zero-order chi connectivity index (χ0) is 21.6. The van der Waals surface area contributed by atoms with Crippen molar-refractivity contribution in [2.24, 2.45) is 5.92 Å². The Bertz CT molecular complexity index is 786. The molecule has 1 amide bonds. The van der Waals surface area contributed by atoms with Crippen molar-refractivity contribution >= 4 is 15.9 Å². The third-order valence-electron chi connectivity index (χ3n) is 6.39. The van der Waals surface area contributed by atoms with Crippen LogP contribution < -0.4 is 5.32 Å². The summed E-state index contributed by atoms with van der Waals surface area (Å²) in [7, 11) is -3.30. The fourth-order valence-electron chi connectivity index (χ4n) is 4.36. The Morgan fingerprint density at radius 1 is 1.13 bits per heavy atom. The van der Waals surface area contributed by atoms with Gasteiger partial charge in [-0.2, -0.15) is 4.31 Å². The number of hydrogen-bond donors (Lipinski definition) is 1. The number of amides is 1. The van der Waals surface area contributed by atoms with Crippen molar-refractivity contribution in [2.45, 2.75) is 71.5 Å². The van der Waals surface area contributed by atoms with E-state index in [0.29, 0.717) is 25.9 Å². The van der Waals surface area contributed by atoms with Gasteiger partial charge in [-0.15, -0.1) is 0 Å². The molecule has 1 aromatic carbocycles. The molecule has 0 aromatic heterocycles. The van der Waals surface area contributed by atoms with Crippen molar-refractivity contribution in [1.82, 2.24) is 14.5 Å². The van der Waals surface area contributed by atoms with E-state index in [9.17, 15) is 13.2 Å². The molecule has 1 N–H and O–H groups in total. The van der Waals surface area contributed by atoms with Gasteiger partial charge in [-0.1, -0.05) is 51.0 Å². The molecular formula is C23H37N3O3S. The van der Waals surface area contributed by atoms with Gasteiger partial charge >= 0.3 is 0 Å². The molecule has 1 atom stereocenters. The Labute approximate surface area is 182 Å². The molecule has 1 aromatic rings. The number of nitrogens with zero attached hydrogens (tertiary/aromatic N) is 2. The predicted octanol–water partition coefficient (Wildman–Crippen LogP) is 3.13. The summed E-state index contributed by atoms with van der Waals surface area (Å²) >= 11 is 0. The van der Waals surface area contributed by atoms with Gasteiger partial charge < -0.3 is 5.32 Å². The zero-order valence-electron chi connectivity index (χ0n) is 18.5. The first kappa shape index (κ1) is 23.2. The number of carbonyl (C=O) groups excluding carboxylic acids is 1. The largest absolute Gasteiger partial charge is 0.351 e. The van der Waals surface area contributed by atoms with Gasteiger partial charge in [-0.05, 0) is 55.8 Å². The molecule has 2 aliphatic heterocycles. The third-order valence-corrected chi connectivity index (χ3v) is 8.35. The Morgan fingerprint density at radius 2 is 1.80 bits per heavy atom. The highest BCUT2D eigenvalue weighted by atomic mass is 32.2. The number of unbranched alkanes of at least 4 members (excludes halogenated alkanes) is 1. The van der Waals surface area contributed by atoms with E-state index in [2.05, 4.69) is 48.3 Å². The highest BCUT2D eigenvalue weighted by Crippen LogP contribution is 2.21. The standard InChI is InChI=1S/C23H37N3O3S/c1-3-4-6-22(26-13-5-16-30(26,28)29)23(27)24-17-20-7-9-21(10-8-20)18-25-14-11-19(2)12-15-25/h7-10,19,22H,3-6,11-18H2,1-2H3,(H,24,27)/t22-/m1/s1. The number of benzene rings is 1. The molecular weight excluding hydrogens is 398 g/mol. The fraction of sp³-hybridized carbons (Fsp3) is 0.696. The monoisotopic (exact) mass is 435 g/mol. The van der Waals surface area contributed by atoms with Crippen LogP contribution >= 0.6 is 0 Å². The molecule has 0 aliphatic carbocycles. The molecule has 2 aliphatic rings. The summed E-state index contributed by atoms with van der Waals surface area (Å²) in [6.45, 7) is 8.57. The Morgan fingerprint density at radius 3 is 2.40 bits per heavy atom. The first-order valence-corrected chi connectivity index (χ1v) is 13.1. The summed E-state index contributed by atoms with van der Waals surface area (Å²) in [6, 6.07) is 7.82. The van der Waals surface area contributed by atoms with Gasteiger partial charge in [0.1, 0.15) is 6.04 Å². The fourth-order valence-corrected chi connectivity index (χ4v) is 6.08. The second-order valence-corrected chi connectivity index (χ2v) is 11.0. The van der Waals surface area contributed by atoms with Gasteiger partial charge in [0.05, 0.1) is 5.75 Å². The Balaban J connectivity index is 1.53. The summed E-state index contributed by atoms with van der Waals surface area (Å²) < 4.78 is 26.0. The second kappa shape index (κ2) is 10.7. The lowest BCUT2D eigenvalue weighted by molar-refractivity contribution is -0.125. The van der Waals surface area contributed by atoms with Gasteiger partial charge in [0.25, 0.3) is 0 Å². The Kier molecular flexibility index (Phi) is 8.31. The first-order valence-electron chi connectivity index (χ1n) is 11.5. The maximum atomic E-state index is 12.8. The van der Waals surface area contributed by atoms with Crippen LogP contribution in [0.2, 0.25) is 0 Å². The molecule has 0 bridgehead atoms. The molecule has 0 saturated carbocycles. The molecule has 6 nitrogen and oxygen atoms in total. The topological polar surface area (TPSA) is 69.7 Å². The summed E-state index contributed by atoms with van der Waals surface area (Å²) in [4.78, 5) is 15.3. The average molecular weight is 436 g/mol. The molecule has 2 saturated heterocycles. The van der Waals surface area contributed by atoms with Crippen molar-refractivity contribution in [3.8, 4) is 0 Å². The normalized spacial score (nSPS) is 21.5. The van der Waals surface area contributed by atoms with Crippen LogP contribution in [-0.4, -0.2) is 55.0 Å². The van der Waals surface area contributed by atoms with Crippen LogP contribution in [0, 0.1) is 5.92 Å². The second-order valence-electron chi connectivity index (χ2n) is 8.93. The molecule has 0 spiro atoms. The number of carbonyl (C=O) groups is 1. The van der Waals surface area contributed by atoms with E-state index in [1.54, 1.807) is 0 Å². The van der Waals surface area contributed by atoms with E-state index >= 15 is 0 Å². The number of nitrogens with one attached hydrogen (secondary N) is 1. The molecule has 7 heteroatoms. The summed E-state index contributed by atoms with van der Waals surface area (Å²) in [5.74, 6) is 0.810. The molecule has 0 radical (unpaired) electrons. The van der Waals surface area contributed by atoms with Crippen LogP contribution in [0.15, 0.2) is 24.3 Å². The highest BCUT2D eigenvalue weighted by molar-refractivity contribution is 7.89. The van der Waals surface area contributed by atoms with Crippen molar-refractivity contribution in [1.29, 1.82) is 0 Å². The number of piperidine rings is 1. The Hall–Kier alpha value is -1.44. The highest BCUT2D eigenvalue weighted by Gasteiger charge is 2.37. The van der Waals surface area contributed by atoms with Gasteiger partial charge in [0.2, 0.25) is 15.9 Å². The van der Waals surface area contributed by atoms with Gasteiger partial charge in [0, 0.05) is 19.6 Å². The molecule has 30 heavy (non-hydrogen) atoms. The zero-order valence-corrected chi connectivity index (χ0v) is 19.3. The van der Waals surface area contributed by atoms with Gasteiger partial charge in [-0.3, -0.25) is 9.69 Å². The van der Waals surface area contributed by atoms with Crippen LogP contribution in [0.4, 0.5) is 0 Å². The van der Waals surface area contributed by atoms with E-state index in [1.165, 1.54) is 22.7 Å². The molecule has 2 heterocycles. The van der Waals surface area contributed by atoms with E-state index in [4.69, 9.17) is 0 Å². The lowest BCUT2D eigenvalue weighted by Crippen LogP contribution is -2.47. The molecule has 168 valence electrons. The van der Waals surface area contributed by atoms with Crippen molar-refractivity contribution in [2.75, 3.05) is 25.4 Å². The van der Waals surface area contributed by atoms with Crippen molar-refractivity contribution < 1.29 is 13.2 Å². The first-order chi connectivity index (χ1) is 14.4. The molecule has 2 fully saturated rings. The van der Waals surface area contributed by atoms with E-state index in [-0.39, 0.29) is 11.7 Å². The van der Waals surface area contributed by atoms with Crippen LogP contribution in [0.5, 0.6) is 0 Å².